The Bertz CT molecular complexity index is 907. The first-order valence-electron chi connectivity index (χ1n) is 8.69. The molecule has 3 amide bonds. The van der Waals surface area contributed by atoms with Crippen molar-refractivity contribution in [2.75, 3.05) is 17.2 Å². The third kappa shape index (κ3) is 4.88. The van der Waals surface area contributed by atoms with E-state index in [1.165, 1.54) is 0 Å². The van der Waals surface area contributed by atoms with Crippen molar-refractivity contribution in [2.45, 2.75) is 39.3 Å². The van der Waals surface area contributed by atoms with E-state index in [1.807, 2.05) is 20.8 Å². The van der Waals surface area contributed by atoms with Gasteiger partial charge in [0.05, 0.1) is 22.3 Å². The van der Waals surface area contributed by atoms with Gasteiger partial charge in [-0.15, -0.1) is 0 Å². The van der Waals surface area contributed by atoms with E-state index in [0.717, 1.165) is 11.3 Å². The molecule has 0 aliphatic carbocycles. The summed E-state index contributed by atoms with van der Waals surface area (Å²) in [7, 11) is 0. The van der Waals surface area contributed by atoms with Gasteiger partial charge in [0.15, 0.2) is 5.82 Å². The van der Waals surface area contributed by atoms with Crippen LogP contribution in [0.5, 0.6) is 0 Å². The third-order valence-electron chi connectivity index (χ3n) is 3.99. The number of rotatable bonds is 2. The number of halogens is 2. The summed E-state index contributed by atoms with van der Waals surface area (Å²) in [6.45, 7) is 6.29. The van der Waals surface area contributed by atoms with E-state index < -0.39 is 11.6 Å². The molecule has 0 radical (unpaired) electrons. The lowest BCUT2D eigenvalue weighted by molar-refractivity contribution is 0.0221. The molecule has 10 heteroatoms. The average Bonchev–Trinajstić information content (AvgIpc) is 2.99. The van der Waals surface area contributed by atoms with Gasteiger partial charge in [-0.2, -0.15) is 5.10 Å². The molecule has 3 rings (SSSR count). The Balaban J connectivity index is 1.63. The normalized spacial score (nSPS) is 13.7. The molecule has 0 bridgehead atoms. The number of urea groups is 1. The lowest BCUT2D eigenvalue weighted by Crippen LogP contribution is -2.40. The summed E-state index contributed by atoms with van der Waals surface area (Å²) in [5.41, 5.74) is 1.58. The molecule has 3 N–H and O–H groups in total. The predicted molar refractivity (Wildman–Crippen MR) is 108 cm³/mol. The molecule has 2 heterocycles. The largest absolute Gasteiger partial charge is 0.444 e. The molecule has 1 aromatic heterocycles. The molecule has 0 saturated heterocycles. The maximum Gasteiger partial charge on any atom is 0.410 e. The van der Waals surface area contributed by atoms with Crippen LogP contribution in [0, 0.1) is 0 Å². The van der Waals surface area contributed by atoms with Crippen molar-refractivity contribution in [3.8, 4) is 0 Å². The minimum absolute atomic E-state index is 0.341. The van der Waals surface area contributed by atoms with Crippen molar-refractivity contribution in [3.63, 3.8) is 0 Å². The van der Waals surface area contributed by atoms with Gasteiger partial charge in [-0.05, 0) is 45.4 Å². The number of fused-ring (bicyclic) bond motifs is 1. The van der Waals surface area contributed by atoms with Crippen LogP contribution >= 0.6 is 23.2 Å². The lowest BCUT2D eigenvalue weighted by Gasteiger charge is -2.29. The maximum absolute atomic E-state index is 12.3. The quantitative estimate of drug-likeness (QED) is 0.651. The third-order valence-corrected chi connectivity index (χ3v) is 4.73. The topological polar surface area (TPSA) is 99.3 Å². The number of carbonyl (C=O) groups is 2. The van der Waals surface area contributed by atoms with Gasteiger partial charge in [0.1, 0.15) is 5.60 Å². The number of anilines is 2. The molecule has 28 heavy (non-hydrogen) atoms. The number of ether oxygens (including phenoxy) is 1. The fourth-order valence-electron chi connectivity index (χ4n) is 2.75. The van der Waals surface area contributed by atoms with E-state index in [1.54, 1.807) is 23.1 Å². The highest BCUT2D eigenvalue weighted by Gasteiger charge is 2.28. The van der Waals surface area contributed by atoms with Crippen LogP contribution in [-0.4, -0.2) is 39.4 Å². The molecule has 1 aliphatic rings. The van der Waals surface area contributed by atoms with Crippen LogP contribution in [-0.2, 0) is 17.7 Å². The zero-order valence-corrected chi connectivity index (χ0v) is 17.2. The first-order valence-corrected chi connectivity index (χ1v) is 9.45. The standard InChI is InChI=1S/C18H21Cl2N5O3/c1-18(2,3)28-17(27)25-7-6-11-14(9-25)23-24-15(11)22-16(26)21-10-4-5-12(19)13(20)8-10/h4-5,8H,6-7,9H2,1-3H3,(H3,21,22,23,24,26). The van der Waals surface area contributed by atoms with Crippen molar-refractivity contribution in [2.24, 2.45) is 0 Å². The van der Waals surface area contributed by atoms with Gasteiger partial charge in [0, 0.05) is 17.8 Å². The number of aromatic amines is 1. The maximum atomic E-state index is 12.3. The second kappa shape index (κ2) is 7.89. The Labute approximate surface area is 172 Å². The van der Waals surface area contributed by atoms with E-state index in [2.05, 4.69) is 20.8 Å². The molecular formula is C18H21Cl2N5O3. The van der Waals surface area contributed by atoms with Crippen molar-refractivity contribution >= 4 is 46.8 Å². The molecule has 0 unspecified atom stereocenters. The van der Waals surface area contributed by atoms with Crippen LogP contribution in [0.2, 0.25) is 10.0 Å². The molecule has 2 aromatic rings. The highest BCUT2D eigenvalue weighted by Crippen LogP contribution is 2.27. The second-order valence-corrected chi connectivity index (χ2v) is 8.20. The summed E-state index contributed by atoms with van der Waals surface area (Å²) < 4.78 is 5.40. The minimum atomic E-state index is -0.555. The zero-order chi connectivity index (χ0) is 20.5. The average molecular weight is 426 g/mol. The number of aromatic nitrogens is 2. The molecule has 150 valence electrons. The number of benzene rings is 1. The van der Waals surface area contributed by atoms with Crippen molar-refractivity contribution in [3.05, 3.63) is 39.5 Å². The van der Waals surface area contributed by atoms with Crippen molar-refractivity contribution < 1.29 is 14.3 Å². The van der Waals surface area contributed by atoms with E-state index in [0.29, 0.717) is 41.1 Å². The van der Waals surface area contributed by atoms with E-state index in [9.17, 15) is 9.59 Å². The summed E-state index contributed by atoms with van der Waals surface area (Å²) in [6.07, 6.45) is 0.174. The predicted octanol–water partition coefficient (Wildman–Crippen LogP) is 4.65. The van der Waals surface area contributed by atoms with E-state index >= 15 is 0 Å². The van der Waals surface area contributed by atoms with Gasteiger partial charge in [-0.25, -0.2) is 9.59 Å². The molecule has 1 aromatic carbocycles. The van der Waals surface area contributed by atoms with Crippen LogP contribution in [0.4, 0.5) is 21.1 Å². The summed E-state index contributed by atoms with van der Waals surface area (Å²) >= 11 is 11.8. The van der Waals surface area contributed by atoms with Crippen molar-refractivity contribution in [1.29, 1.82) is 0 Å². The number of carbonyl (C=O) groups excluding carboxylic acids is 2. The molecular weight excluding hydrogens is 405 g/mol. The first-order chi connectivity index (χ1) is 13.1. The van der Waals surface area contributed by atoms with Gasteiger partial charge < -0.3 is 15.0 Å². The number of hydrogen-bond donors (Lipinski definition) is 3. The smallest absolute Gasteiger partial charge is 0.410 e. The molecule has 0 fully saturated rings. The van der Waals surface area contributed by atoms with Crippen LogP contribution < -0.4 is 10.6 Å². The Kier molecular flexibility index (Phi) is 5.71. The summed E-state index contributed by atoms with van der Waals surface area (Å²) in [5.74, 6) is 0.427. The number of amides is 3. The molecule has 8 nitrogen and oxygen atoms in total. The van der Waals surface area contributed by atoms with Gasteiger partial charge in [-0.1, -0.05) is 23.2 Å². The SMILES string of the molecule is CC(C)(C)OC(=O)N1CCc2c(NC(=O)Nc3ccc(Cl)c(Cl)c3)n[nH]c2C1. The highest BCUT2D eigenvalue weighted by atomic mass is 35.5. The minimum Gasteiger partial charge on any atom is -0.444 e. The van der Waals surface area contributed by atoms with Gasteiger partial charge in [-0.3, -0.25) is 10.4 Å². The van der Waals surface area contributed by atoms with Crippen LogP contribution in [0.3, 0.4) is 0 Å². The first kappa shape index (κ1) is 20.3. The summed E-state index contributed by atoms with van der Waals surface area (Å²) in [5, 5.41) is 13.2. The van der Waals surface area contributed by atoms with E-state index in [4.69, 9.17) is 27.9 Å². The zero-order valence-electron chi connectivity index (χ0n) is 15.7. The summed E-state index contributed by atoms with van der Waals surface area (Å²) in [6, 6.07) is 4.35. The second-order valence-electron chi connectivity index (χ2n) is 7.39. The number of nitrogens with zero attached hydrogens (tertiary/aromatic N) is 2. The molecule has 0 spiro atoms. The van der Waals surface area contributed by atoms with E-state index in [-0.39, 0.29) is 6.09 Å². The Morgan fingerprint density at radius 1 is 1.21 bits per heavy atom. The van der Waals surface area contributed by atoms with Crippen LogP contribution in [0.25, 0.3) is 0 Å². The van der Waals surface area contributed by atoms with Crippen LogP contribution in [0.1, 0.15) is 32.0 Å². The number of H-pyrrole nitrogens is 1. The Morgan fingerprint density at radius 2 is 1.96 bits per heavy atom. The molecule has 0 atom stereocenters. The number of hydrogen-bond acceptors (Lipinski definition) is 4. The summed E-state index contributed by atoms with van der Waals surface area (Å²) in [4.78, 5) is 26.1. The van der Waals surface area contributed by atoms with Gasteiger partial charge >= 0.3 is 12.1 Å². The molecule has 1 aliphatic heterocycles. The van der Waals surface area contributed by atoms with Crippen molar-refractivity contribution in [1.82, 2.24) is 15.1 Å². The van der Waals surface area contributed by atoms with Gasteiger partial charge in [0.25, 0.3) is 0 Å². The lowest BCUT2D eigenvalue weighted by atomic mass is 10.1. The highest BCUT2D eigenvalue weighted by molar-refractivity contribution is 6.42. The Morgan fingerprint density at radius 3 is 2.64 bits per heavy atom. The Hall–Kier alpha value is -2.45. The number of nitrogens with one attached hydrogen (secondary N) is 3. The fraction of sp³-hybridized carbons (Fsp3) is 0.389. The molecule has 0 saturated carbocycles. The fourth-order valence-corrected chi connectivity index (χ4v) is 3.05. The van der Waals surface area contributed by atoms with Crippen LogP contribution in [0.15, 0.2) is 18.2 Å². The van der Waals surface area contributed by atoms with Gasteiger partial charge in [0.2, 0.25) is 0 Å². The monoisotopic (exact) mass is 425 g/mol.